The zero-order valence-corrected chi connectivity index (χ0v) is 34.6. The highest BCUT2D eigenvalue weighted by Crippen LogP contribution is 2.47. The van der Waals surface area contributed by atoms with Gasteiger partial charge in [0.05, 0.1) is 18.2 Å². The molecule has 4 rings (SSSR count). The molecule has 1 saturated carbocycles. The van der Waals surface area contributed by atoms with Crippen LogP contribution in [-0.2, 0) is 21.6 Å². The Kier molecular flexibility index (Phi) is 12.8. The van der Waals surface area contributed by atoms with E-state index >= 15 is 0 Å². The van der Waals surface area contributed by atoms with Crippen LogP contribution in [-0.4, -0.2) is 60.9 Å². The van der Waals surface area contributed by atoms with Crippen molar-refractivity contribution < 1.29 is 26.8 Å². The van der Waals surface area contributed by atoms with Crippen molar-refractivity contribution >= 4 is 39.8 Å². The summed E-state index contributed by atoms with van der Waals surface area (Å²) in [6.07, 6.45) is -0.745. The minimum absolute atomic E-state index is 0.0485. The second-order valence-electron chi connectivity index (χ2n) is 16.4. The van der Waals surface area contributed by atoms with Crippen LogP contribution in [0.2, 0.25) is 39.8 Å². The number of nitrogens with zero attached hydrogens (tertiary/aromatic N) is 4. The molecule has 1 aliphatic rings. The summed E-state index contributed by atoms with van der Waals surface area (Å²) in [5, 5.41) is 8.03. The molecule has 0 unspecified atom stereocenters. The van der Waals surface area contributed by atoms with Crippen molar-refractivity contribution in [3.8, 4) is 0 Å². The Morgan fingerprint density at radius 2 is 1.69 bits per heavy atom. The average molecular weight is 766 g/mol. The SMILES string of the molecule is CC(C)[Si](O[C@H]1C[C@H](Nc2ncncc2C(=O)c2cc(C(F)(F)F)n(Cc3cccc(Cl)c3)n2)C[C@@H]1CO[Si](C)(C)C(C)(C)C)(C(C)C)C(C)C. The highest BCUT2D eigenvalue weighted by molar-refractivity contribution is 6.77. The van der Waals surface area contributed by atoms with Crippen molar-refractivity contribution in [3.63, 3.8) is 0 Å². The quantitative estimate of drug-likeness (QED) is 0.129. The molecule has 1 fully saturated rings. The predicted octanol–water partition coefficient (Wildman–Crippen LogP) is 10.4. The van der Waals surface area contributed by atoms with Crippen molar-refractivity contribution in [2.45, 2.75) is 135 Å². The molecular weight excluding hydrogens is 711 g/mol. The van der Waals surface area contributed by atoms with Gasteiger partial charge in [-0.3, -0.25) is 9.48 Å². The number of carbonyl (C=O) groups excluding carboxylic acids is 1. The molecule has 2 heterocycles. The number of hydrogen-bond donors (Lipinski definition) is 1. The molecule has 0 bridgehead atoms. The molecule has 8 nitrogen and oxygen atoms in total. The first-order valence-electron chi connectivity index (χ1n) is 17.9. The number of alkyl halides is 3. The molecule has 14 heteroatoms. The normalized spacial score (nSPS) is 19.1. The standard InChI is InChI=1S/C37H55ClF3N5O3Si2/c1-23(2)51(24(3)4,25(5)6)49-32-17-29(16-27(32)21-48-50(10,11)36(7,8)9)44-35-30(19-42-22-43-35)34(47)31-18-33(37(39,40)41)46(45-31)20-26-13-12-14-28(38)15-26/h12-15,18-19,22-25,27,29,32H,16-17,20-21H2,1-11H3,(H,42,43,44)/t27-,29-,32+/m1/s1. The zero-order chi connectivity index (χ0) is 38.1. The summed E-state index contributed by atoms with van der Waals surface area (Å²) in [6.45, 7) is 25.2. The van der Waals surface area contributed by atoms with Crippen LogP contribution in [0.1, 0.15) is 102 Å². The Balaban J connectivity index is 1.64. The molecule has 51 heavy (non-hydrogen) atoms. The third-order valence-electron chi connectivity index (χ3n) is 11.0. The Labute approximate surface area is 308 Å². The zero-order valence-electron chi connectivity index (χ0n) is 31.9. The van der Waals surface area contributed by atoms with Crippen molar-refractivity contribution in [3.05, 3.63) is 70.4 Å². The lowest BCUT2D eigenvalue weighted by molar-refractivity contribution is -0.144. The van der Waals surface area contributed by atoms with Gasteiger partial charge in [-0.1, -0.05) is 86.0 Å². The van der Waals surface area contributed by atoms with E-state index in [2.05, 4.69) is 95.8 Å². The molecule has 3 atom stereocenters. The van der Waals surface area contributed by atoms with E-state index in [1.807, 2.05) is 0 Å². The van der Waals surface area contributed by atoms with E-state index in [-0.39, 0.29) is 46.7 Å². The van der Waals surface area contributed by atoms with E-state index in [1.54, 1.807) is 24.3 Å². The first kappa shape index (κ1) is 41.2. The number of aromatic nitrogens is 4. The number of anilines is 1. The molecule has 0 spiro atoms. The number of halogens is 4. The maximum atomic E-state index is 14.1. The molecule has 3 aromatic rings. The third-order valence-corrected chi connectivity index (χ3v) is 21.8. The smallest absolute Gasteiger partial charge is 0.416 e. The number of ketones is 1. The second kappa shape index (κ2) is 15.8. The summed E-state index contributed by atoms with van der Waals surface area (Å²) in [5.74, 6) is -0.345. The highest BCUT2D eigenvalue weighted by Gasteiger charge is 2.50. The van der Waals surface area contributed by atoms with Gasteiger partial charge in [-0.05, 0) is 65.3 Å². The van der Waals surface area contributed by atoms with Gasteiger partial charge < -0.3 is 14.2 Å². The fourth-order valence-electron chi connectivity index (χ4n) is 7.35. The number of carbonyl (C=O) groups is 1. The summed E-state index contributed by atoms with van der Waals surface area (Å²) in [4.78, 5) is 22.3. The lowest BCUT2D eigenvalue weighted by Crippen LogP contribution is -2.51. The van der Waals surface area contributed by atoms with Gasteiger partial charge in [0.25, 0.3) is 0 Å². The summed E-state index contributed by atoms with van der Waals surface area (Å²) in [6, 6.07) is 7.18. The van der Waals surface area contributed by atoms with E-state index in [0.717, 1.165) is 17.2 Å². The van der Waals surface area contributed by atoms with Gasteiger partial charge in [-0.15, -0.1) is 0 Å². The molecule has 1 aliphatic carbocycles. The maximum Gasteiger partial charge on any atom is 0.433 e. The molecule has 282 valence electrons. The van der Waals surface area contributed by atoms with Gasteiger partial charge in [-0.2, -0.15) is 18.3 Å². The van der Waals surface area contributed by atoms with Crippen molar-refractivity contribution in [1.29, 1.82) is 0 Å². The van der Waals surface area contributed by atoms with Crippen LogP contribution in [0.4, 0.5) is 19.0 Å². The van der Waals surface area contributed by atoms with Crippen molar-refractivity contribution in [1.82, 2.24) is 19.7 Å². The third kappa shape index (κ3) is 9.32. The van der Waals surface area contributed by atoms with Gasteiger partial charge >= 0.3 is 6.18 Å². The molecule has 2 aromatic heterocycles. The Morgan fingerprint density at radius 3 is 2.25 bits per heavy atom. The largest absolute Gasteiger partial charge is 0.433 e. The van der Waals surface area contributed by atoms with Gasteiger partial charge in [-0.25, -0.2) is 9.97 Å². The summed E-state index contributed by atoms with van der Waals surface area (Å²) in [5.41, 5.74) is 0.383. The van der Waals surface area contributed by atoms with Crippen LogP contribution in [0.25, 0.3) is 0 Å². The summed E-state index contributed by atoms with van der Waals surface area (Å²) < 4.78 is 57.4. The van der Waals surface area contributed by atoms with E-state index in [0.29, 0.717) is 40.2 Å². The minimum atomic E-state index is -4.74. The van der Waals surface area contributed by atoms with Crippen LogP contribution < -0.4 is 5.32 Å². The molecule has 0 saturated heterocycles. The van der Waals surface area contributed by atoms with Crippen molar-refractivity contribution in [2.24, 2.45) is 5.92 Å². The summed E-state index contributed by atoms with van der Waals surface area (Å²) >= 11 is 6.07. The molecular formula is C37H55ClF3N5O3Si2. The number of benzene rings is 1. The highest BCUT2D eigenvalue weighted by atomic mass is 35.5. The Morgan fingerprint density at radius 1 is 1.04 bits per heavy atom. The Hall–Kier alpha value is -2.59. The average Bonchev–Trinajstić information content (AvgIpc) is 3.61. The van der Waals surface area contributed by atoms with E-state index in [9.17, 15) is 18.0 Å². The van der Waals surface area contributed by atoms with Crippen LogP contribution in [0.5, 0.6) is 0 Å². The number of nitrogens with one attached hydrogen (secondary N) is 1. The van der Waals surface area contributed by atoms with E-state index < -0.39 is 34.3 Å². The number of hydrogen-bond acceptors (Lipinski definition) is 7. The fourth-order valence-corrected chi connectivity index (χ4v) is 14.3. The van der Waals surface area contributed by atoms with Crippen LogP contribution in [0, 0.1) is 5.92 Å². The van der Waals surface area contributed by atoms with Crippen LogP contribution >= 0.6 is 11.6 Å². The predicted molar refractivity (Wildman–Crippen MR) is 202 cm³/mol. The van der Waals surface area contributed by atoms with Crippen molar-refractivity contribution in [2.75, 3.05) is 11.9 Å². The lowest BCUT2D eigenvalue weighted by atomic mass is 10.1. The van der Waals surface area contributed by atoms with Gasteiger partial charge in [0.15, 0.2) is 8.32 Å². The van der Waals surface area contributed by atoms with Crippen LogP contribution in [0.15, 0.2) is 42.9 Å². The first-order valence-corrected chi connectivity index (χ1v) is 23.3. The second-order valence-corrected chi connectivity index (χ2v) is 27.1. The lowest BCUT2D eigenvalue weighted by Gasteiger charge is -2.45. The number of rotatable bonds is 14. The van der Waals surface area contributed by atoms with E-state index in [1.165, 1.54) is 12.5 Å². The molecule has 0 radical (unpaired) electrons. The monoisotopic (exact) mass is 765 g/mol. The first-order chi connectivity index (χ1) is 23.6. The minimum Gasteiger partial charge on any atom is -0.416 e. The topological polar surface area (TPSA) is 91.2 Å². The molecule has 1 aromatic carbocycles. The Bertz CT molecular complexity index is 1640. The van der Waals surface area contributed by atoms with Gasteiger partial charge in [0.1, 0.15) is 23.5 Å². The van der Waals surface area contributed by atoms with Gasteiger partial charge in [0.2, 0.25) is 14.1 Å². The molecule has 1 N–H and O–H groups in total. The van der Waals surface area contributed by atoms with E-state index in [4.69, 9.17) is 20.5 Å². The fraction of sp³-hybridized carbons (Fsp3) is 0.622. The van der Waals surface area contributed by atoms with Crippen LogP contribution in [0.3, 0.4) is 0 Å². The molecule has 0 amide bonds. The molecule has 0 aliphatic heterocycles. The maximum absolute atomic E-state index is 14.1. The van der Waals surface area contributed by atoms with Gasteiger partial charge in [0, 0.05) is 35.9 Å². The summed E-state index contributed by atoms with van der Waals surface area (Å²) in [7, 11) is -4.31.